The second kappa shape index (κ2) is 10.5. The van der Waals surface area contributed by atoms with Crippen LogP contribution in [-0.2, 0) is 21.4 Å². The van der Waals surface area contributed by atoms with Gasteiger partial charge in [0.2, 0.25) is 10.0 Å². The number of sulfonamides is 1. The van der Waals surface area contributed by atoms with E-state index in [0.717, 1.165) is 10.6 Å². The first-order valence-corrected chi connectivity index (χ1v) is 12.3. The molecule has 0 aromatic heterocycles. The van der Waals surface area contributed by atoms with Gasteiger partial charge >= 0.3 is 0 Å². The fraction of sp³-hybridized carbons (Fsp3) is 0.240. The van der Waals surface area contributed by atoms with Gasteiger partial charge in [0.15, 0.2) is 6.61 Å². The molecule has 1 N–H and O–H groups in total. The predicted octanol–water partition coefficient (Wildman–Crippen LogP) is 4.93. The zero-order valence-electron chi connectivity index (χ0n) is 18.8. The van der Waals surface area contributed by atoms with Crippen LogP contribution in [0.2, 0.25) is 0 Å². The lowest BCUT2D eigenvalue weighted by molar-refractivity contribution is -0.118. The van der Waals surface area contributed by atoms with Gasteiger partial charge in [-0.15, -0.1) is 0 Å². The molecule has 3 aromatic carbocycles. The summed E-state index contributed by atoms with van der Waals surface area (Å²) in [5, 5.41) is 2.77. The normalized spacial score (nSPS) is 11.3. The number of nitrogens with one attached hydrogen (secondary N) is 1. The van der Waals surface area contributed by atoms with E-state index in [-0.39, 0.29) is 24.6 Å². The monoisotopic (exact) mass is 470 g/mol. The van der Waals surface area contributed by atoms with Crippen LogP contribution in [-0.4, -0.2) is 27.2 Å². The Hall–Kier alpha value is -3.39. The Morgan fingerprint density at radius 2 is 1.64 bits per heavy atom. The number of halogens is 1. The van der Waals surface area contributed by atoms with Crippen molar-refractivity contribution in [2.75, 3.05) is 22.5 Å². The van der Waals surface area contributed by atoms with Gasteiger partial charge in [0.25, 0.3) is 5.91 Å². The molecule has 8 heteroatoms. The average Bonchev–Trinajstić information content (AvgIpc) is 2.77. The van der Waals surface area contributed by atoms with Crippen LogP contribution in [0.1, 0.15) is 30.9 Å². The van der Waals surface area contributed by atoms with Gasteiger partial charge in [-0.2, -0.15) is 0 Å². The Kier molecular flexibility index (Phi) is 7.71. The highest BCUT2D eigenvalue weighted by Crippen LogP contribution is 2.24. The molecule has 0 aliphatic heterocycles. The van der Waals surface area contributed by atoms with Crippen molar-refractivity contribution < 1.29 is 22.3 Å². The number of anilines is 2. The van der Waals surface area contributed by atoms with Crippen LogP contribution in [0.4, 0.5) is 15.8 Å². The van der Waals surface area contributed by atoms with E-state index < -0.39 is 15.8 Å². The van der Waals surface area contributed by atoms with Crippen LogP contribution in [0.3, 0.4) is 0 Å². The number of carbonyl (C=O) groups is 1. The van der Waals surface area contributed by atoms with Crippen LogP contribution in [0.15, 0.2) is 72.8 Å². The van der Waals surface area contributed by atoms with Gasteiger partial charge in [-0.25, -0.2) is 12.8 Å². The number of hydrogen-bond acceptors (Lipinski definition) is 4. The summed E-state index contributed by atoms with van der Waals surface area (Å²) in [6.07, 6.45) is 1.07. The van der Waals surface area contributed by atoms with Crippen molar-refractivity contribution in [3.63, 3.8) is 0 Å². The van der Waals surface area contributed by atoms with E-state index in [0.29, 0.717) is 23.0 Å². The first kappa shape index (κ1) is 24.3. The van der Waals surface area contributed by atoms with Gasteiger partial charge in [0.05, 0.1) is 18.5 Å². The van der Waals surface area contributed by atoms with E-state index >= 15 is 0 Å². The van der Waals surface area contributed by atoms with Gasteiger partial charge in [0, 0.05) is 11.3 Å². The number of benzene rings is 3. The topological polar surface area (TPSA) is 75.7 Å². The van der Waals surface area contributed by atoms with Crippen molar-refractivity contribution in [3.05, 3.63) is 89.7 Å². The minimum atomic E-state index is -3.65. The van der Waals surface area contributed by atoms with Crippen LogP contribution in [0, 0.1) is 5.82 Å². The molecule has 0 heterocycles. The second-order valence-corrected chi connectivity index (χ2v) is 9.88. The molecule has 1 amide bonds. The van der Waals surface area contributed by atoms with Gasteiger partial charge in [-0.3, -0.25) is 9.10 Å². The van der Waals surface area contributed by atoms with Crippen LogP contribution < -0.4 is 14.4 Å². The minimum Gasteiger partial charge on any atom is -0.484 e. The summed E-state index contributed by atoms with van der Waals surface area (Å²) in [4.78, 5) is 12.2. The standard InChI is InChI=1S/C25H27FN2O4S/c1-18(2)19-8-10-21(11-9-19)27-25(29)17-32-23-14-12-22(13-15-23)28(33(3,30)31)16-20-6-4-5-7-24(20)26/h4-15,18H,16-17H2,1-3H3,(H,27,29). The SMILES string of the molecule is CC(C)c1ccc(NC(=O)COc2ccc(N(Cc3ccccc3F)S(C)(=O)=O)cc2)cc1. The zero-order chi connectivity index (χ0) is 24.0. The minimum absolute atomic E-state index is 0.135. The van der Waals surface area contributed by atoms with Crippen molar-refractivity contribution in [3.8, 4) is 5.75 Å². The molecular formula is C25H27FN2O4S. The third-order valence-corrected chi connectivity index (χ3v) is 6.17. The Morgan fingerprint density at radius 3 is 2.21 bits per heavy atom. The molecule has 0 unspecified atom stereocenters. The van der Waals surface area contributed by atoms with Crippen molar-refractivity contribution in [2.45, 2.75) is 26.3 Å². The van der Waals surface area contributed by atoms with E-state index in [4.69, 9.17) is 4.74 Å². The summed E-state index contributed by atoms with van der Waals surface area (Å²) in [5.41, 5.74) is 2.49. The number of hydrogen-bond donors (Lipinski definition) is 1. The summed E-state index contributed by atoms with van der Waals surface area (Å²) < 4.78 is 45.3. The lowest BCUT2D eigenvalue weighted by Gasteiger charge is -2.23. The molecule has 0 aliphatic rings. The molecule has 174 valence electrons. The van der Waals surface area contributed by atoms with Gasteiger partial charge in [0.1, 0.15) is 11.6 Å². The quantitative estimate of drug-likeness (QED) is 0.481. The van der Waals surface area contributed by atoms with E-state index in [1.54, 1.807) is 42.5 Å². The molecule has 33 heavy (non-hydrogen) atoms. The first-order valence-electron chi connectivity index (χ1n) is 10.5. The molecular weight excluding hydrogens is 443 g/mol. The summed E-state index contributed by atoms with van der Waals surface area (Å²) >= 11 is 0. The van der Waals surface area contributed by atoms with Crippen molar-refractivity contribution in [1.29, 1.82) is 0 Å². The van der Waals surface area contributed by atoms with Gasteiger partial charge in [-0.1, -0.05) is 44.2 Å². The second-order valence-electron chi connectivity index (χ2n) is 7.97. The highest BCUT2D eigenvalue weighted by molar-refractivity contribution is 7.92. The highest BCUT2D eigenvalue weighted by atomic mass is 32.2. The smallest absolute Gasteiger partial charge is 0.262 e. The number of ether oxygens (including phenoxy) is 1. The van der Waals surface area contributed by atoms with Crippen molar-refractivity contribution >= 4 is 27.3 Å². The fourth-order valence-corrected chi connectivity index (χ4v) is 4.07. The fourth-order valence-electron chi connectivity index (χ4n) is 3.19. The van der Waals surface area contributed by atoms with Crippen LogP contribution in [0.5, 0.6) is 5.75 Å². The summed E-state index contributed by atoms with van der Waals surface area (Å²) in [5.74, 6) is 0.0273. The molecule has 0 saturated carbocycles. The Balaban J connectivity index is 1.62. The molecule has 0 bridgehead atoms. The van der Waals surface area contributed by atoms with Crippen molar-refractivity contribution in [2.24, 2.45) is 0 Å². The van der Waals surface area contributed by atoms with Crippen LogP contribution >= 0.6 is 0 Å². The van der Waals surface area contributed by atoms with E-state index in [9.17, 15) is 17.6 Å². The summed E-state index contributed by atoms with van der Waals surface area (Å²) in [6.45, 7) is 3.86. The third-order valence-electron chi connectivity index (χ3n) is 5.03. The molecule has 0 radical (unpaired) electrons. The van der Waals surface area contributed by atoms with Crippen molar-refractivity contribution in [1.82, 2.24) is 0 Å². The summed E-state index contributed by atoms with van der Waals surface area (Å²) in [6, 6.07) is 19.9. The molecule has 0 aliphatic carbocycles. The van der Waals surface area contributed by atoms with E-state index in [1.807, 2.05) is 24.3 Å². The number of carbonyl (C=O) groups excluding carboxylic acids is 1. The Labute approximate surface area is 194 Å². The Bertz CT molecular complexity index is 1190. The lowest BCUT2D eigenvalue weighted by Crippen LogP contribution is -2.29. The number of nitrogens with zero attached hydrogens (tertiary/aromatic N) is 1. The summed E-state index contributed by atoms with van der Waals surface area (Å²) in [7, 11) is -3.65. The maximum absolute atomic E-state index is 14.0. The molecule has 0 saturated heterocycles. The average molecular weight is 471 g/mol. The predicted molar refractivity (Wildman–Crippen MR) is 129 cm³/mol. The zero-order valence-corrected chi connectivity index (χ0v) is 19.6. The maximum atomic E-state index is 14.0. The molecule has 0 spiro atoms. The highest BCUT2D eigenvalue weighted by Gasteiger charge is 2.19. The largest absolute Gasteiger partial charge is 0.484 e. The first-order chi connectivity index (χ1) is 15.6. The molecule has 3 aromatic rings. The number of amides is 1. The number of rotatable bonds is 9. The molecule has 0 fully saturated rings. The molecule has 3 rings (SSSR count). The van der Waals surface area contributed by atoms with Crippen LogP contribution in [0.25, 0.3) is 0 Å². The van der Waals surface area contributed by atoms with E-state index in [1.165, 1.54) is 11.6 Å². The molecule has 0 atom stereocenters. The van der Waals surface area contributed by atoms with Gasteiger partial charge in [-0.05, 0) is 53.9 Å². The van der Waals surface area contributed by atoms with E-state index in [2.05, 4.69) is 19.2 Å². The molecule has 6 nitrogen and oxygen atoms in total. The third kappa shape index (κ3) is 6.79. The maximum Gasteiger partial charge on any atom is 0.262 e. The van der Waals surface area contributed by atoms with Gasteiger partial charge < -0.3 is 10.1 Å². The lowest BCUT2D eigenvalue weighted by atomic mass is 10.0. The Morgan fingerprint density at radius 1 is 1.00 bits per heavy atom.